The van der Waals surface area contributed by atoms with Crippen LogP contribution in [0.25, 0.3) is 0 Å². The van der Waals surface area contributed by atoms with Gasteiger partial charge in [0, 0.05) is 16.7 Å². The number of nitrogens with one attached hydrogen (secondary N) is 1. The zero-order valence-electron chi connectivity index (χ0n) is 10.9. The van der Waals surface area contributed by atoms with Crippen molar-refractivity contribution in [3.63, 3.8) is 0 Å². The number of rotatable bonds is 4. The lowest BCUT2D eigenvalue weighted by Crippen LogP contribution is -2.23. The molecule has 0 fully saturated rings. The molecule has 2 rings (SSSR count). The van der Waals surface area contributed by atoms with E-state index in [2.05, 4.69) is 20.7 Å². The maximum Gasteiger partial charge on any atom is 0.240 e. The van der Waals surface area contributed by atoms with Gasteiger partial charge in [-0.2, -0.15) is 0 Å². The number of aryl methyl sites for hydroxylation is 1. The second-order valence-corrected chi connectivity index (χ2v) is 7.12. The Morgan fingerprint density at radius 3 is 2.60 bits per heavy atom. The molecule has 0 unspecified atom stereocenters. The lowest BCUT2D eigenvalue weighted by atomic mass is 10.1. The average Bonchev–Trinajstić information content (AvgIpc) is 2.40. The summed E-state index contributed by atoms with van der Waals surface area (Å²) in [5.74, 6) is 0. The van der Waals surface area contributed by atoms with Gasteiger partial charge in [-0.1, -0.05) is 29.8 Å². The van der Waals surface area contributed by atoms with Crippen molar-refractivity contribution in [3.8, 4) is 0 Å². The Morgan fingerprint density at radius 1 is 1.20 bits per heavy atom. The summed E-state index contributed by atoms with van der Waals surface area (Å²) in [6, 6.07) is 12.3. The first-order valence-corrected chi connectivity index (χ1v) is 8.26. The van der Waals surface area contributed by atoms with Gasteiger partial charge in [-0.25, -0.2) is 13.1 Å². The summed E-state index contributed by atoms with van der Waals surface area (Å²) in [5, 5.41) is 0. The largest absolute Gasteiger partial charge is 0.398 e. The van der Waals surface area contributed by atoms with E-state index in [4.69, 9.17) is 5.73 Å². The van der Waals surface area contributed by atoms with Crippen molar-refractivity contribution in [1.29, 1.82) is 0 Å². The Kier molecular flexibility index (Phi) is 4.47. The molecule has 2 aromatic carbocycles. The van der Waals surface area contributed by atoms with Crippen molar-refractivity contribution in [2.24, 2.45) is 0 Å². The molecule has 0 radical (unpaired) electrons. The average molecular weight is 355 g/mol. The number of sulfonamides is 1. The number of hydrogen-bond acceptors (Lipinski definition) is 3. The van der Waals surface area contributed by atoms with E-state index >= 15 is 0 Å². The Labute approximate surface area is 127 Å². The number of hydrogen-bond donors (Lipinski definition) is 2. The molecule has 106 valence electrons. The Balaban J connectivity index is 2.17. The number of nitrogens with two attached hydrogens (primary N) is 1. The second kappa shape index (κ2) is 5.95. The minimum absolute atomic E-state index is 0.158. The van der Waals surface area contributed by atoms with E-state index in [0.717, 1.165) is 11.1 Å². The third kappa shape index (κ3) is 3.59. The number of halogens is 1. The number of anilines is 1. The number of benzene rings is 2. The van der Waals surface area contributed by atoms with Crippen LogP contribution in [0.3, 0.4) is 0 Å². The van der Waals surface area contributed by atoms with Crippen molar-refractivity contribution in [1.82, 2.24) is 4.72 Å². The first-order valence-electron chi connectivity index (χ1n) is 5.99. The van der Waals surface area contributed by atoms with E-state index in [1.807, 2.05) is 31.2 Å². The molecule has 0 aromatic heterocycles. The molecular weight excluding hydrogens is 340 g/mol. The zero-order valence-corrected chi connectivity index (χ0v) is 13.3. The van der Waals surface area contributed by atoms with Crippen LogP contribution in [0.2, 0.25) is 0 Å². The molecule has 0 aliphatic heterocycles. The van der Waals surface area contributed by atoms with Crippen LogP contribution in [0.1, 0.15) is 11.1 Å². The molecule has 0 aliphatic carbocycles. The summed E-state index contributed by atoms with van der Waals surface area (Å²) in [6.45, 7) is 2.22. The third-order valence-electron chi connectivity index (χ3n) is 2.83. The van der Waals surface area contributed by atoms with Gasteiger partial charge in [-0.05, 0) is 46.6 Å². The van der Waals surface area contributed by atoms with E-state index < -0.39 is 10.0 Å². The van der Waals surface area contributed by atoms with Crippen LogP contribution in [0.5, 0.6) is 0 Å². The van der Waals surface area contributed by atoms with Crippen LogP contribution in [0, 0.1) is 6.92 Å². The van der Waals surface area contributed by atoms with Crippen LogP contribution in [-0.2, 0) is 16.6 Å². The molecule has 0 spiro atoms. The molecule has 2 aromatic rings. The Hall–Kier alpha value is -1.37. The van der Waals surface area contributed by atoms with Crippen molar-refractivity contribution >= 4 is 31.6 Å². The maximum atomic E-state index is 12.2. The van der Waals surface area contributed by atoms with Gasteiger partial charge in [0.15, 0.2) is 0 Å². The molecule has 0 aliphatic rings. The van der Waals surface area contributed by atoms with Crippen LogP contribution in [0.4, 0.5) is 5.69 Å². The highest BCUT2D eigenvalue weighted by Gasteiger charge is 2.14. The van der Waals surface area contributed by atoms with E-state index in [1.54, 1.807) is 6.07 Å². The Bertz CT molecular complexity index is 730. The summed E-state index contributed by atoms with van der Waals surface area (Å²) in [5.41, 5.74) is 8.11. The topological polar surface area (TPSA) is 72.2 Å². The highest BCUT2D eigenvalue weighted by Crippen LogP contribution is 2.22. The standard InChI is InChI=1S/C14H15BrN2O2S/c1-10-3-2-4-11(7-10)9-17-20(18,19)12-5-6-13(15)14(16)8-12/h2-8,17H,9,16H2,1H3. The lowest BCUT2D eigenvalue weighted by Gasteiger charge is -2.08. The van der Waals surface area contributed by atoms with Crippen molar-refractivity contribution in [2.75, 3.05) is 5.73 Å². The van der Waals surface area contributed by atoms with Gasteiger partial charge in [0.1, 0.15) is 0 Å². The summed E-state index contributed by atoms with van der Waals surface area (Å²) in [4.78, 5) is 0.158. The quantitative estimate of drug-likeness (QED) is 0.829. The summed E-state index contributed by atoms with van der Waals surface area (Å²) < 4.78 is 27.6. The molecule has 0 heterocycles. The molecule has 3 N–H and O–H groups in total. The van der Waals surface area contributed by atoms with Gasteiger partial charge >= 0.3 is 0 Å². The van der Waals surface area contributed by atoms with Gasteiger partial charge < -0.3 is 5.73 Å². The van der Waals surface area contributed by atoms with E-state index in [-0.39, 0.29) is 11.4 Å². The first-order chi connectivity index (χ1) is 9.38. The van der Waals surface area contributed by atoms with E-state index in [9.17, 15) is 8.42 Å². The van der Waals surface area contributed by atoms with Gasteiger partial charge in [0.25, 0.3) is 0 Å². The smallest absolute Gasteiger partial charge is 0.240 e. The Morgan fingerprint density at radius 2 is 1.95 bits per heavy atom. The fourth-order valence-corrected chi connectivity index (χ4v) is 3.07. The van der Waals surface area contributed by atoms with Crippen molar-refractivity contribution in [2.45, 2.75) is 18.4 Å². The molecule has 0 saturated carbocycles. The molecule has 20 heavy (non-hydrogen) atoms. The minimum Gasteiger partial charge on any atom is -0.398 e. The predicted octanol–water partition coefficient (Wildman–Crippen LogP) is 2.82. The van der Waals surface area contributed by atoms with Gasteiger partial charge in [0.2, 0.25) is 10.0 Å². The SMILES string of the molecule is Cc1cccc(CNS(=O)(=O)c2ccc(Br)c(N)c2)c1. The van der Waals surface area contributed by atoms with Gasteiger partial charge in [0.05, 0.1) is 4.90 Å². The molecule has 4 nitrogen and oxygen atoms in total. The maximum absolute atomic E-state index is 12.2. The van der Waals surface area contributed by atoms with Crippen LogP contribution >= 0.6 is 15.9 Å². The minimum atomic E-state index is -3.56. The summed E-state index contributed by atoms with van der Waals surface area (Å²) in [7, 11) is -3.56. The zero-order chi connectivity index (χ0) is 14.8. The van der Waals surface area contributed by atoms with E-state index in [0.29, 0.717) is 10.2 Å². The lowest BCUT2D eigenvalue weighted by molar-refractivity contribution is 0.581. The molecular formula is C14H15BrN2O2S. The fraction of sp³-hybridized carbons (Fsp3) is 0.143. The highest BCUT2D eigenvalue weighted by molar-refractivity contribution is 9.10. The van der Waals surface area contributed by atoms with E-state index in [1.165, 1.54) is 12.1 Å². The normalized spacial score (nSPS) is 11.5. The van der Waals surface area contributed by atoms with Crippen LogP contribution in [-0.4, -0.2) is 8.42 Å². The molecule has 0 atom stereocenters. The molecule has 6 heteroatoms. The second-order valence-electron chi connectivity index (χ2n) is 4.50. The third-order valence-corrected chi connectivity index (χ3v) is 4.95. The molecule has 0 amide bonds. The fourth-order valence-electron chi connectivity index (χ4n) is 1.77. The molecule has 0 saturated heterocycles. The first kappa shape index (κ1) is 15.0. The highest BCUT2D eigenvalue weighted by atomic mass is 79.9. The summed E-state index contributed by atoms with van der Waals surface area (Å²) in [6.07, 6.45) is 0. The predicted molar refractivity (Wildman–Crippen MR) is 83.8 cm³/mol. The summed E-state index contributed by atoms with van der Waals surface area (Å²) >= 11 is 3.24. The van der Waals surface area contributed by atoms with Crippen LogP contribution in [0.15, 0.2) is 51.8 Å². The van der Waals surface area contributed by atoms with Crippen LogP contribution < -0.4 is 10.5 Å². The van der Waals surface area contributed by atoms with Crippen molar-refractivity contribution < 1.29 is 8.42 Å². The monoisotopic (exact) mass is 354 g/mol. The van der Waals surface area contributed by atoms with Crippen molar-refractivity contribution in [3.05, 3.63) is 58.1 Å². The van der Waals surface area contributed by atoms with Gasteiger partial charge in [-0.3, -0.25) is 0 Å². The number of nitrogen functional groups attached to an aromatic ring is 1. The molecule has 0 bridgehead atoms. The van der Waals surface area contributed by atoms with Gasteiger partial charge in [-0.15, -0.1) is 0 Å².